The summed E-state index contributed by atoms with van der Waals surface area (Å²) in [6.07, 6.45) is 9.27. The largest absolute Gasteiger partial charge is 0.481 e. The second-order valence-corrected chi connectivity index (χ2v) is 12.0. The molecule has 0 amide bonds. The summed E-state index contributed by atoms with van der Waals surface area (Å²) in [6.45, 7) is 9.44. The van der Waals surface area contributed by atoms with Crippen LogP contribution in [0, 0.1) is 52.3 Å². The van der Waals surface area contributed by atoms with E-state index in [-0.39, 0.29) is 29.5 Å². The van der Waals surface area contributed by atoms with Crippen molar-refractivity contribution in [2.24, 2.45) is 52.3 Å². The predicted octanol–water partition coefficient (Wildman–Crippen LogP) is 5.11. The molecule has 11 atom stereocenters. The second-order valence-electron chi connectivity index (χ2n) is 12.0. The van der Waals surface area contributed by atoms with Crippen LogP contribution in [-0.2, 0) is 4.79 Å². The molecule has 0 spiro atoms. The Labute approximate surface area is 182 Å². The number of aliphatic hydroxyl groups is 2. The predicted molar refractivity (Wildman–Crippen MR) is 118 cm³/mol. The molecule has 0 aromatic heterocycles. The van der Waals surface area contributed by atoms with Crippen molar-refractivity contribution in [1.82, 2.24) is 0 Å². The minimum absolute atomic E-state index is 0.194. The first-order valence-corrected chi connectivity index (χ1v) is 12.7. The number of fused-ring (bicyclic) bond motifs is 5. The standard InChI is InChI=1S/C26H44O4/c1-5-17-21-14-16(27)10-12-26(21,4)20-11-13-25(3)18(15(2)6-9-22(28)29)7-8-19(25)23(20)24(17)30/h15-21,23-24,27,30H,5-14H2,1-4H3,(H,28,29)/t15-,16-,17-,18-,19+,20+,21?,23?,24-,25-,26-/m1/s1. The van der Waals surface area contributed by atoms with Crippen molar-refractivity contribution in [1.29, 1.82) is 0 Å². The first-order valence-electron chi connectivity index (χ1n) is 12.7. The van der Waals surface area contributed by atoms with Gasteiger partial charge in [-0.2, -0.15) is 0 Å². The van der Waals surface area contributed by atoms with Crippen LogP contribution in [0.15, 0.2) is 0 Å². The van der Waals surface area contributed by atoms with Crippen LogP contribution in [0.4, 0.5) is 0 Å². The summed E-state index contributed by atoms with van der Waals surface area (Å²) in [5.74, 6) is 2.58. The molecule has 4 saturated carbocycles. The van der Waals surface area contributed by atoms with Crippen LogP contribution in [0.3, 0.4) is 0 Å². The molecule has 0 saturated heterocycles. The Morgan fingerprint density at radius 3 is 2.33 bits per heavy atom. The quantitative estimate of drug-likeness (QED) is 0.577. The summed E-state index contributed by atoms with van der Waals surface area (Å²) in [4.78, 5) is 11.1. The average Bonchev–Trinajstić information content (AvgIpc) is 3.05. The van der Waals surface area contributed by atoms with Gasteiger partial charge in [0, 0.05) is 6.42 Å². The molecule has 0 aliphatic heterocycles. The van der Waals surface area contributed by atoms with Crippen molar-refractivity contribution < 1.29 is 20.1 Å². The van der Waals surface area contributed by atoms with Gasteiger partial charge in [0.1, 0.15) is 0 Å². The summed E-state index contributed by atoms with van der Waals surface area (Å²) in [5.41, 5.74) is 0.480. The highest BCUT2D eigenvalue weighted by Crippen LogP contribution is 2.69. The third-order valence-electron chi connectivity index (χ3n) is 11.0. The Kier molecular flexibility index (Phi) is 6.07. The van der Waals surface area contributed by atoms with E-state index >= 15 is 0 Å². The van der Waals surface area contributed by atoms with E-state index in [1.54, 1.807) is 0 Å². The number of rotatable bonds is 5. The van der Waals surface area contributed by atoms with Crippen LogP contribution in [0.2, 0.25) is 0 Å². The molecule has 4 nitrogen and oxygen atoms in total. The molecular formula is C26H44O4. The summed E-state index contributed by atoms with van der Waals surface area (Å²) in [6, 6.07) is 0. The molecule has 4 rings (SSSR count). The summed E-state index contributed by atoms with van der Waals surface area (Å²) < 4.78 is 0. The monoisotopic (exact) mass is 420 g/mol. The molecule has 30 heavy (non-hydrogen) atoms. The maximum absolute atomic E-state index is 11.7. The summed E-state index contributed by atoms with van der Waals surface area (Å²) in [5, 5.41) is 31.3. The molecule has 0 aromatic carbocycles. The summed E-state index contributed by atoms with van der Waals surface area (Å²) in [7, 11) is 0. The number of carboxylic acids is 1. The number of aliphatic hydroxyl groups excluding tert-OH is 2. The molecular weight excluding hydrogens is 376 g/mol. The van der Waals surface area contributed by atoms with Gasteiger partial charge in [0.15, 0.2) is 0 Å². The lowest BCUT2D eigenvalue weighted by atomic mass is 9.41. The third-order valence-corrected chi connectivity index (χ3v) is 11.0. The molecule has 0 heterocycles. The minimum Gasteiger partial charge on any atom is -0.481 e. The summed E-state index contributed by atoms with van der Waals surface area (Å²) >= 11 is 0. The van der Waals surface area contributed by atoms with Crippen LogP contribution in [-0.4, -0.2) is 33.5 Å². The minimum atomic E-state index is -0.683. The number of hydrogen-bond acceptors (Lipinski definition) is 3. The van der Waals surface area contributed by atoms with Crippen LogP contribution in [0.5, 0.6) is 0 Å². The Morgan fingerprint density at radius 2 is 1.67 bits per heavy atom. The second kappa shape index (κ2) is 8.06. The van der Waals surface area contributed by atoms with Gasteiger partial charge in [0.05, 0.1) is 12.2 Å². The van der Waals surface area contributed by atoms with Gasteiger partial charge >= 0.3 is 5.97 Å². The molecule has 4 fully saturated rings. The zero-order valence-corrected chi connectivity index (χ0v) is 19.5. The first-order chi connectivity index (χ1) is 14.1. The Morgan fingerprint density at radius 1 is 1.00 bits per heavy atom. The number of carbonyl (C=O) groups is 1. The highest BCUT2D eigenvalue weighted by atomic mass is 16.4. The fourth-order valence-electron chi connectivity index (χ4n) is 9.48. The zero-order valence-electron chi connectivity index (χ0n) is 19.5. The number of carboxylic acid groups (broad SMARTS) is 1. The number of aliphatic carboxylic acids is 1. The Balaban J connectivity index is 1.61. The van der Waals surface area contributed by atoms with E-state index in [0.717, 1.165) is 32.1 Å². The van der Waals surface area contributed by atoms with E-state index in [2.05, 4.69) is 27.7 Å². The molecule has 4 aliphatic carbocycles. The van der Waals surface area contributed by atoms with E-state index in [1.165, 1.54) is 25.7 Å². The van der Waals surface area contributed by atoms with Gasteiger partial charge in [-0.1, -0.05) is 34.1 Å². The van der Waals surface area contributed by atoms with Crippen molar-refractivity contribution >= 4 is 5.97 Å². The third kappa shape index (κ3) is 3.36. The van der Waals surface area contributed by atoms with E-state index in [0.29, 0.717) is 41.4 Å². The average molecular weight is 421 g/mol. The normalized spacial score (nSPS) is 51.5. The van der Waals surface area contributed by atoms with Crippen molar-refractivity contribution in [3.8, 4) is 0 Å². The Hall–Kier alpha value is -0.610. The zero-order chi connectivity index (χ0) is 21.8. The van der Waals surface area contributed by atoms with E-state index in [1.807, 2.05) is 0 Å². The Bertz CT molecular complexity index is 649. The molecule has 4 heteroatoms. The van der Waals surface area contributed by atoms with Gasteiger partial charge in [0.25, 0.3) is 0 Å². The highest BCUT2D eigenvalue weighted by Gasteiger charge is 2.64. The lowest BCUT2D eigenvalue weighted by Gasteiger charge is -2.64. The van der Waals surface area contributed by atoms with E-state index in [9.17, 15) is 15.0 Å². The van der Waals surface area contributed by atoms with Crippen LogP contribution in [0.25, 0.3) is 0 Å². The SMILES string of the molecule is CC[C@@H]1C2C[C@H](O)CC[C@]2(C)[C@H]2CC[C@]3(C)[C@@H]([C@H](C)CCC(=O)O)CC[C@H]3C2[C@@H]1O. The molecule has 0 aromatic rings. The van der Waals surface area contributed by atoms with Gasteiger partial charge in [-0.25, -0.2) is 0 Å². The van der Waals surface area contributed by atoms with E-state index in [4.69, 9.17) is 5.11 Å². The van der Waals surface area contributed by atoms with Crippen LogP contribution >= 0.6 is 0 Å². The van der Waals surface area contributed by atoms with E-state index < -0.39 is 5.97 Å². The van der Waals surface area contributed by atoms with Gasteiger partial charge in [0.2, 0.25) is 0 Å². The lowest BCUT2D eigenvalue weighted by Crippen LogP contribution is -2.62. The molecule has 172 valence electrons. The fourth-order valence-corrected chi connectivity index (χ4v) is 9.48. The highest BCUT2D eigenvalue weighted by molar-refractivity contribution is 5.66. The smallest absolute Gasteiger partial charge is 0.303 e. The van der Waals surface area contributed by atoms with Gasteiger partial charge in [-0.3, -0.25) is 4.79 Å². The first kappa shape index (κ1) is 22.6. The van der Waals surface area contributed by atoms with Crippen molar-refractivity contribution in [3.05, 3.63) is 0 Å². The fraction of sp³-hybridized carbons (Fsp3) is 0.962. The maximum atomic E-state index is 11.7. The molecule has 3 N–H and O–H groups in total. The maximum Gasteiger partial charge on any atom is 0.303 e. The van der Waals surface area contributed by atoms with Gasteiger partial charge in [-0.05, 0) is 104 Å². The van der Waals surface area contributed by atoms with Gasteiger partial charge in [-0.15, -0.1) is 0 Å². The molecule has 0 bridgehead atoms. The topological polar surface area (TPSA) is 77.8 Å². The molecule has 0 radical (unpaired) electrons. The van der Waals surface area contributed by atoms with Crippen molar-refractivity contribution in [3.63, 3.8) is 0 Å². The van der Waals surface area contributed by atoms with Crippen LogP contribution in [0.1, 0.15) is 91.9 Å². The number of hydrogen-bond donors (Lipinski definition) is 3. The van der Waals surface area contributed by atoms with Crippen LogP contribution < -0.4 is 0 Å². The van der Waals surface area contributed by atoms with Crippen molar-refractivity contribution in [2.45, 2.75) is 104 Å². The van der Waals surface area contributed by atoms with Crippen molar-refractivity contribution in [2.75, 3.05) is 0 Å². The lowest BCUT2D eigenvalue weighted by molar-refractivity contribution is -0.203. The molecule has 2 unspecified atom stereocenters. The van der Waals surface area contributed by atoms with Gasteiger partial charge < -0.3 is 15.3 Å². The molecule has 4 aliphatic rings.